The average molecular weight is 250 g/mol. The van der Waals surface area contributed by atoms with E-state index < -0.39 is 0 Å². The molecule has 2 heterocycles. The lowest BCUT2D eigenvalue weighted by Gasteiger charge is -2.14. The maximum atomic E-state index is 11.8. The predicted molar refractivity (Wildman–Crippen MR) is 66.1 cm³/mol. The minimum Gasteiger partial charge on any atom is -0.396 e. The fourth-order valence-electron chi connectivity index (χ4n) is 2.03. The van der Waals surface area contributed by atoms with Crippen LogP contribution in [0.3, 0.4) is 0 Å². The van der Waals surface area contributed by atoms with E-state index in [0.29, 0.717) is 18.5 Å². The topological polar surface area (TPSA) is 64.3 Å². The molecule has 2 rings (SSSR count). The summed E-state index contributed by atoms with van der Waals surface area (Å²) in [7, 11) is 0. The number of carbonyl (C=O) groups is 1. The van der Waals surface area contributed by atoms with Crippen molar-refractivity contribution in [2.45, 2.75) is 20.3 Å². The van der Waals surface area contributed by atoms with Crippen molar-refractivity contribution < 1.29 is 9.90 Å². The molecule has 0 bridgehead atoms. The van der Waals surface area contributed by atoms with Crippen LogP contribution in [0.1, 0.15) is 22.4 Å². The zero-order valence-electron chi connectivity index (χ0n) is 9.86. The van der Waals surface area contributed by atoms with Gasteiger partial charge in [-0.25, -0.2) is 0 Å². The van der Waals surface area contributed by atoms with Gasteiger partial charge < -0.3 is 10.0 Å². The molecule has 0 aromatic carbocycles. The average Bonchev–Trinajstić information content (AvgIpc) is 2.81. The molecule has 5 heteroatoms. The maximum Gasteiger partial charge on any atom is 0.228 e. The monoisotopic (exact) mass is 250 g/mol. The number of nitrogens with zero attached hydrogens (tertiary/aromatic N) is 2. The summed E-state index contributed by atoms with van der Waals surface area (Å²) in [5, 5.41) is 19.0. The van der Waals surface area contributed by atoms with Crippen LogP contribution in [-0.2, 0) is 4.79 Å². The number of amides is 1. The quantitative estimate of drug-likeness (QED) is 0.866. The minimum atomic E-state index is -0.00300. The van der Waals surface area contributed by atoms with Gasteiger partial charge in [-0.05, 0) is 19.4 Å². The molecular formula is C12H14N2O2S. The van der Waals surface area contributed by atoms with Gasteiger partial charge in [0.05, 0.1) is 5.56 Å². The lowest BCUT2D eigenvalue weighted by atomic mass is 10.1. The van der Waals surface area contributed by atoms with Gasteiger partial charge in [-0.2, -0.15) is 5.26 Å². The van der Waals surface area contributed by atoms with Crippen LogP contribution in [0.25, 0.3) is 0 Å². The van der Waals surface area contributed by atoms with Crippen molar-refractivity contribution in [3.63, 3.8) is 0 Å². The van der Waals surface area contributed by atoms with E-state index in [1.165, 1.54) is 11.3 Å². The number of anilines is 1. The fourth-order valence-corrected chi connectivity index (χ4v) is 3.16. The van der Waals surface area contributed by atoms with Crippen LogP contribution in [0.15, 0.2) is 0 Å². The third kappa shape index (κ3) is 1.94. The minimum absolute atomic E-state index is 0.00167. The van der Waals surface area contributed by atoms with Gasteiger partial charge in [0.15, 0.2) is 0 Å². The molecule has 1 N–H and O–H groups in total. The highest BCUT2D eigenvalue weighted by Gasteiger charge is 2.33. The molecule has 1 aromatic heterocycles. The van der Waals surface area contributed by atoms with E-state index >= 15 is 0 Å². The number of hydrogen-bond donors (Lipinski definition) is 1. The molecular weight excluding hydrogens is 236 g/mol. The van der Waals surface area contributed by atoms with E-state index in [9.17, 15) is 4.79 Å². The van der Waals surface area contributed by atoms with E-state index in [1.54, 1.807) is 4.90 Å². The number of thiophene rings is 1. The first kappa shape index (κ1) is 12.1. The summed E-state index contributed by atoms with van der Waals surface area (Å²) >= 11 is 1.48. The van der Waals surface area contributed by atoms with Crippen LogP contribution >= 0.6 is 11.3 Å². The first-order valence-electron chi connectivity index (χ1n) is 5.49. The van der Waals surface area contributed by atoms with Gasteiger partial charge >= 0.3 is 0 Å². The summed E-state index contributed by atoms with van der Waals surface area (Å²) in [5.74, 6) is -0.00134. The third-order valence-corrected chi connectivity index (χ3v) is 4.42. The predicted octanol–water partition coefficient (Wildman–Crippen LogP) is 1.58. The van der Waals surface area contributed by atoms with Gasteiger partial charge in [-0.1, -0.05) is 0 Å². The van der Waals surface area contributed by atoms with E-state index in [0.717, 1.165) is 15.4 Å². The van der Waals surface area contributed by atoms with Crippen molar-refractivity contribution in [3.8, 4) is 6.07 Å². The SMILES string of the molecule is Cc1sc(N2CC(CO)CC2=O)c(C#N)c1C. The molecule has 90 valence electrons. The molecule has 0 saturated carbocycles. The summed E-state index contributed by atoms with van der Waals surface area (Å²) < 4.78 is 0. The smallest absolute Gasteiger partial charge is 0.228 e. The first-order chi connectivity index (χ1) is 8.08. The molecule has 1 aliphatic rings. The van der Waals surface area contributed by atoms with Crippen LogP contribution in [0.5, 0.6) is 0 Å². The Labute approximate surface area is 104 Å². The highest BCUT2D eigenvalue weighted by molar-refractivity contribution is 7.16. The number of rotatable bonds is 2. The van der Waals surface area contributed by atoms with Gasteiger partial charge in [0.25, 0.3) is 0 Å². The Hall–Kier alpha value is -1.38. The molecule has 1 atom stereocenters. The molecule has 1 unspecified atom stereocenters. The number of aliphatic hydroxyl groups excluding tert-OH is 1. The van der Waals surface area contributed by atoms with Gasteiger partial charge in [0, 0.05) is 30.4 Å². The molecule has 4 nitrogen and oxygen atoms in total. The van der Waals surface area contributed by atoms with Gasteiger partial charge in [-0.3, -0.25) is 4.79 Å². The van der Waals surface area contributed by atoms with Crippen LogP contribution in [0.4, 0.5) is 5.00 Å². The summed E-state index contributed by atoms with van der Waals surface area (Å²) in [4.78, 5) is 14.6. The lowest BCUT2D eigenvalue weighted by molar-refractivity contribution is -0.117. The van der Waals surface area contributed by atoms with Crippen LogP contribution < -0.4 is 4.90 Å². The maximum absolute atomic E-state index is 11.8. The van der Waals surface area contributed by atoms with Crippen molar-refractivity contribution in [2.24, 2.45) is 5.92 Å². The summed E-state index contributed by atoms with van der Waals surface area (Å²) in [5.41, 5.74) is 1.55. The molecule has 0 spiro atoms. The summed E-state index contributed by atoms with van der Waals surface area (Å²) in [6.45, 7) is 4.39. The second kappa shape index (κ2) is 4.47. The first-order valence-corrected chi connectivity index (χ1v) is 6.31. The number of aliphatic hydroxyl groups is 1. The Morgan fingerprint density at radius 3 is 2.82 bits per heavy atom. The largest absolute Gasteiger partial charge is 0.396 e. The molecule has 1 fully saturated rings. The van der Waals surface area contributed by atoms with Crippen LogP contribution in [0, 0.1) is 31.1 Å². The van der Waals surface area contributed by atoms with Crippen molar-refractivity contribution >= 4 is 22.2 Å². The molecule has 1 aromatic rings. The second-order valence-electron chi connectivity index (χ2n) is 4.33. The second-order valence-corrected chi connectivity index (χ2v) is 5.54. The number of nitriles is 1. The number of carbonyl (C=O) groups excluding carboxylic acids is 1. The number of hydrogen-bond acceptors (Lipinski definition) is 4. The standard InChI is InChI=1S/C12H14N2O2S/c1-7-8(2)17-12(10(7)4-13)14-5-9(6-15)3-11(14)16/h9,15H,3,5-6H2,1-2H3. The van der Waals surface area contributed by atoms with E-state index in [1.807, 2.05) is 13.8 Å². The zero-order valence-corrected chi connectivity index (χ0v) is 10.7. The fraction of sp³-hybridized carbons (Fsp3) is 0.500. The van der Waals surface area contributed by atoms with E-state index in [4.69, 9.17) is 10.4 Å². The molecule has 1 saturated heterocycles. The van der Waals surface area contributed by atoms with E-state index in [-0.39, 0.29) is 18.4 Å². The van der Waals surface area contributed by atoms with Crippen LogP contribution in [-0.4, -0.2) is 24.2 Å². The normalized spacial score (nSPS) is 19.8. The Morgan fingerprint density at radius 2 is 2.29 bits per heavy atom. The van der Waals surface area contributed by atoms with Gasteiger partial charge in [0.2, 0.25) is 5.91 Å². The highest BCUT2D eigenvalue weighted by atomic mass is 32.1. The zero-order chi connectivity index (χ0) is 12.6. The van der Waals surface area contributed by atoms with Crippen molar-refractivity contribution in [1.29, 1.82) is 5.26 Å². The van der Waals surface area contributed by atoms with Crippen LogP contribution in [0.2, 0.25) is 0 Å². The van der Waals surface area contributed by atoms with Crippen molar-refractivity contribution in [2.75, 3.05) is 18.1 Å². The Morgan fingerprint density at radius 1 is 1.59 bits per heavy atom. The molecule has 0 radical (unpaired) electrons. The Kier molecular flexibility index (Phi) is 3.18. The molecule has 17 heavy (non-hydrogen) atoms. The highest BCUT2D eigenvalue weighted by Crippen LogP contribution is 2.37. The van der Waals surface area contributed by atoms with Crippen molar-refractivity contribution in [3.05, 3.63) is 16.0 Å². The third-order valence-electron chi connectivity index (χ3n) is 3.19. The van der Waals surface area contributed by atoms with Crippen molar-refractivity contribution in [1.82, 2.24) is 0 Å². The van der Waals surface area contributed by atoms with E-state index in [2.05, 4.69) is 6.07 Å². The lowest BCUT2D eigenvalue weighted by Crippen LogP contribution is -2.24. The van der Waals surface area contributed by atoms with Gasteiger partial charge in [0.1, 0.15) is 11.1 Å². The Balaban J connectivity index is 2.39. The summed E-state index contributed by atoms with van der Waals surface area (Å²) in [6, 6.07) is 2.17. The molecule has 1 amide bonds. The number of aryl methyl sites for hydroxylation is 1. The Bertz CT molecular complexity index is 501. The summed E-state index contributed by atoms with van der Waals surface area (Å²) in [6.07, 6.45) is 0.372. The molecule has 1 aliphatic heterocycles. The van der Waals surface area contributed by atoms with Gasteiger partial charge in [-0.15, -0.1) is 11.3 Å². The molecule has 0 aliphatic carbocycles.